The number of carbonyl (C=O) groups excluding carboxylic acids is 1. The number of hydrogen-bond acceptors (Lipinski definition) is 5. The van der Waals surface area contributed by atoms with Gasteiger partial charge in [0.2, 0.25) is 0 Å². The number of anilines is 1. The molecule has 1 fully saturated rings. The molecule has 0 aliphatic carbocycles. The molecule has 1 N–H and O–H groups in total. The molecule has 0 unspecified atom stereocenters. The smallest absolute Gasteiger partial charge is 0.255 e. The van der Waals surface area contributed by atoms with Crippen LogP contribution >= 0.6 is 23.5 Å². The summed E-state index contributed by atoms with van der Waals surface area (Å²) in [7, 11) is 0. The number of amides is 1. The van der Waals surface area contributed by atoms with Gasteiger partial charge in [0.05, 0.1) is 22.7 Å². The normalized spacial score (nSPS) is 14.3. The van der Waals surface area contributed by atoms with Gasteiger partial charge in [-0.1, -0.05) is 42.5 Å². The van der Waals surface area contributed by atoms with Crippen molar-refractivity contribution >= 4 is 35.1 Å². The molecule has 4 rings (SSSR count). The molecular weight excluding hydrogens is 362 g/mol. The van der Waals surface area contributed by atoms with Crippen molar-refractivity contribution < 1.29 is 4.79 Å². The first kappa shape index (κ1) is 17.1. The SMILES string of the molecule is O=C(Nc1cnc(-c2ccccc2)nc1)c1ccc(C2SCCS2)cc1. The average molecular weight is 380 g/mol. The van der Waals surface area contributed by atoms with Gasteiger partial charge in [-0.15, -0.1) is 23.5 Å². The van der Waals surface area contributed by atoms with Crippen LogP contribution in [-0.2, 0) is 0 Å². The van der Waals surface area contributed by atoms with Crippen LogP contribution in [0.4, 0.5) is 5.69 Å². The number of rotatable bonds is 4. The zero-order valence-corrected chi connectivity index (χ0v) is 15.6. The third kappa shape index (κ3) is 3.92. The van der Waals surface area contributed by atoms with E-state index in [2.05, 4.69) is 15.3 Å². The summed E-state index contributed by atoms with van der Waals surface area (Å²) < 4.78 is 0.492. The van der Waals surface area contributed by atoms with Crippen molar-refractivity contribution in [2.45, 2.75) is 4.58 Å². The Morgan fingerprint density at radius 3 is 2.23 bits per heavy atom. The minimum atomic E-state index is -0.153. The third-order valence-corrected chi connectivity index (χ3v) is 7.11. The molecule has 0 saturated carbocycles. The average Bonchev–Trinajstić information content (AvgIpc) is 3.24. The van der Waals surface area contributed by atoms with Crippen LogP contribution in [0.5, 0.6) is 0 Å². The molecule has 0 radical (unpaired) electrons. The van der Waals surface area contributed by atoms with Gasteiger partial charge >= 0.3 is 0 Å². The van der Waals surface area contributed by atoms with Gasteiger partial charge in [0, 0.05) is 22.6 Å². The van der Waals surface area contributed by atoms with Crippen LogP contribution in [0.25, 0.3) is 11.4 Å². The van der Waals surface area contributed by atoms with Gasteiger partial charge < -0.3 is 5.32 Å². The second kappa shape index (κ2) is 7.93. The summed E-state index contributed by atoms with van der Waals surface area (Å²) in [6.45, 7) is 0. The molecule has 0 bridgehead atoms. The van der Waals surface area contributed by atoms with Crippen molar-refractivity contribution in [3.63, 3.8) is 0 Å². The highest BCUT2D eigenvalue weighted by atomic mass is 32.2. The van der Waals surface area contributed by atoms with Gasteiger partial charge in [0.25, 0.3) is 5.91 Å². The highest BCUT2D eigenvalue weighted by Gasteiger charge is 2.18. The zero-order valence-electron chi connectivity index (χ0n) is 14.0. The number of carbonyl (C=O) groups is 1. The summed E-state index contributed by atoms with van der Waals surface area (Å²) >= 11 is 3.92. The lowest BCUT2D eigenvalue weighted by Crippen LogP contribution is -2.12. The molecule has 0 atom stereocenters. The largest absolute Gasteiger partial charge is 0.319 e. The fourth-order valence-corrected chi connectivity index (χ4v) is 5.53. The summed E-state index contributed by atoms with van der Waals surface area (Å²) in [4.78, 5) is 21.1. The Hall–Kier alpha value is -2.31. The Bertz CT molecular complexity index is 877. The molecule has 1 saturated heterocycles. The topological polar surface area (TPSA) is 54.9 Å². The summed E-state index contributed by atoms with van der Waals surface area (Å²) in [5, 5.41) is 2.85. The van der Waals surface area contributed by atoms with Gasteiger partial charge in [0.15, 0.2) is 5.82 Å². The van der Waals surface area contributed by atoms with Crippen molar-refractivity contribution in [1.82, 2.24) is 9.97 Å². The molecule has 2 heterocycles. The maximum Gasteiger partial charge on any atom is 0.255 e. The van der Waals surface area contributed by atoms with Gasteiger partial charge in [-0.05, 0) is 17.7 Å². The highest BCUT2D eigenvalue weighted by Crippen LogP contribution is 2.45. The van der Waals surface area contributed by atoms with Gasteiger partial charge in [0.1, 0.15) is 0 Å². The summed E-state index contributed by atoms with van der Waals surface area (Å²) in [5.41, 5.74) is 3.43. The Morgan fingerprint density at radius 1 is 0.923 bits per heavy atom. The number of benzene rings is 2. The van der Waals surface area contributed by atoms with Gasteiger partial charge in [-0.3, -0.25) is 4.79 Å². The van der Waals surface area contributed by atoms with Crippen molar-refractivity contribution in [3.8, 4) is 11.4 Å². The quantitative estimate of drug-likeness (QED) is 0.700. The molecule has 0 spiro atoms. The van der Waals surface area contributed by atoms with Crippen LogP contribution in [0, 0.1) is 0 Å². The van der Waals surface area contributed by atoms with E-state index in [9.17, 15) is 4.79 Å². The van der Waals surface area contributed by atoms with E-state index < -0.39 is 0 Å². The van der Waals surface area contributed by atoms with E-state index in [-0.39, 0.29) is 5.91 Å². The molecule has 1 aliphatic heterocycles. The summed E-state index contributed by atoms with van der Waals surface area (Å²) in [6.07, 6.45) is 3.26. The molecule has 1 aromatic heterocycles. The number of aromatic nitrogens is 2. The maximum atomic E-state index is 12.4. The van der Waals surface area contributed by atoms with Gasteiger partial charge in [-0.25, -0.2) is 9.97 Å². The first-order valence-electron chi connectivity index (χ1n) is 8.31. The molecule has 1 aliphatic rings. The van der Waals surface area contributed by atoms with Crippen LogP contribution in [0.2, 0.25) is 0 Å². The minimum Gasteiger partial charge on any atom is -0.319 e. The number of nitrogens with one attached hydrogen (secondary N) is 1. The molecule has 26 heavy (non-hydrogen) atoms. The van der Waals surface area contributed by atoms with Crippen LogP contribution in [0.3, 0.4) is 0 Å². The molecule has 4 nitrogen and oxygen atoms in total. The third-order valence-electron chi connectivity index (χ3n) is 4.01. The van der Waals surface area contributed by atoms with Crippen LogP contribution in [0.15, 0.2) is 67.0 Å². The Kier molecular flexibility index (Phi) is 5.22. The predicted octanol–water partition coefficient (Wildman–Crippen LogP) is 4.87. The van der Waals surface area contributed by atoms with Crippen molar-refractivity contribution in [2.75, 3.05) is 16.8 Å². The second-order valence-corrected chi connectivity index (χ2v) is 8.54. The van der Waals surface area contributed by atoms with E-state index in [1.165, 1.54) is 17.1 Å². The Labute approximate surface area is 160 Å². The van der Waals surface area contributed by atoms with E-state index >= 15 is 0 Å². The molecule has 6 heteroatoms. The Balaban J connectivity index is 1.42. The molecular formula is C20H17N3OS2. The minimum absolute atomic E-state index is 0.153. The van der Waals surface area contributed by atoms with E-state index in [1.54, 1.807) is 12.4 Å². The number of nitrogens with zero attached hydrogens (tertiary/aromatic N) is 2. The van der Waals surface area contributed by atoms with Crippen LogP contribution in [-0.4, -0.2) is 27.4 Å². The standard InChI is InChI=1S/C20H17N3OS2/c24-19(15-6-8-16(9-7-15)20-25-10-11-26-20)23-17-12-21-18(22-13-17)14-4-2-1-3-5-14/h1-9,12-13,20H,10-11H2,(H,23,24). The first-order valence-corrected chi connectivity index (χ1v) is 10.4. The monoisotopic (exact) mass is 379 g/mol. The lowest BCUT2D eigenvalue weighted by Gasteiger charge is -2.09. The van der Waals surface area contributed by atoms with Gasteiger partial charge in [-0.2, -0.15) is 0 Å². The van der Waals surface area contributed by atoms with Crippen molar-refractivity contribution in [3.05, 3.63) is 78.1 Å². The van der Waals surface area contributed by atoms with E-state index in [4.69, 9.17) is 0 Å². The highest BCUT2D eigenvalue weighted by molar-refractivity contribution is 8.19. The summed E-state index contributed by atoms with van der Waals surface area (Å²) in [6, 6.07) is 17.6. The van der Waals surface area contributed by atoms with E-state index in [1.807, 2.05) is 78.1 Å². The zero-order chi connectivity index (χ0) is 17.8. The van der Waals surface area contributed by atoms with Crippen LogP contribution < -0.4 is 5.32 Å². The molecule has 130 valence electrons. The van der Waals surface area contributed by atoms with Crippen molar-refractivity contribution in [1.29, 1.82) is 0 Å². The maximum absolute atomic E-state index is 12.4. The molecule has 1 amide bonds. The predicted molar refractivity (Wildman–Crippen MR) is 110 cm³/mol. The van der Waals surface area contributed by atoms with E-state index in [0.29, 0.717) is 21.7 Å². The molecule has 3 aromatic rings. The fraction of sp³-hybridized carbons (Fsp3) is 0.150. The Morgan fingerprint density at radius 2 is 1.58 bits per heavy atom. The van der Waals surface area contributed by atoms with Crippen molar-refractivity contribution in [2.24, 2.45) is 0 Å². The number of hydrogen-bond donors (Lipinski definition) is 1. The second-order valence-electron chi connectivity index (χ2n) is 5.81. The van der Waals surface area contributed by atoms with Crippen LogP contribution in [0.1, 0.15) is 20.5 Å². The lowest BCUT2D eigenvalue weighted by atomic mass is 10.1. The lowest BCUT2D eigenvalue weighted by molar-refractivity contribution is 0.102. The first-order chi connectivity index (χ1) is 12.8. The molecule has 2 aromatic carbocycles. The van der Waals surface area contributed by atoms with E-state index in [0.717, 1.165) is 5.56 Å². The summed E-state index contributed by atoms with van der Waals surface area (Å²) in [5.74, 6) is 2.87. The fourth-order valence-electron chi connectivity index (χ4n) is 2.67. The number of thioether (sulfide) groups is 2.